The Labute approximate surface area is 137 Å². The number of sulfonamides is 1. The molecule has 3 rings (SSSR count). The minimum Gasteiger partial charge on any atom is -0.253 e. The Hall–Kier alpha value is -2.39. The van der Waals surface area contributed by atoms with Crippen molar-refractivity contribution in [3.8, 4) is 11.5 Å². The van der Waals surface area contributed by atoms with Gasteiger partial charge in [-0.25, -0.2) is 18.1 Å². The van der Waals surface area contributed by atoms with E-state index in [9.17, 15) is 8.42 Å². The summed E-state index contributed by atoms with van der Waals surface area (Å²) in [4.78, 5) is 16.5. The monoisotopic (exact) mass is 347 g/mol. The van der Waals surface area contributed by atoms with Crippen LogP contribution < -0.4 is 4.72 Å². The normalized spacial score (nSPS) is 11.4. The fourth-order valence-electron chi connectivity index (χ4n) is 1.85. The molecule has 0 unspecified atom stereocenters. The van der Waals surface area contributed by atoms with Gasteiger partial charge in [-0.05, 0) is 43.0 Å². The van der Waals surface area contributed by atoms with Crippen LogP contribution in [-0.4, -0.2) is 28.4 Å². The molecule has 0 atom stereocenters. The molecule has 0 aliphatic heterocycles. The second-order valence-corrected chi connectivity index (χ2v) is 7.61. The summed E-state index contributed by atoms with van der Waals surface area (Å²) in [5.41, 5.74) is 1.43. The van der Waals surface area contributed by atoms with E-state index in [0.29, 0.717) is 17.3 Å². The van der Waals surface area contributed by atoms with Crippen LogP contribution in [0.5, 0.6) is 0 Å². The molecule has 3 aromatic rings. The number of anilines is 1. The summed E-state index contributed by atoms with van der Waals surface area (Å²) in [6.07, 6.45) is 1.62. The Morgan fingerprint density at radius 2 is 1.96 bits per heavy atom. The Bertz CT molecular complexity index is 939. The van der Waals surface area contributed by atoms with E-state index in [1.807, 2.05) is 6.92 Å². The highest BCUT2D eigenvalue weighted by atomic mass is 32.2. The standard InChI is InChI=1S/C14H13N5O2S2/c1-9-7-12(22-8-9)23(20,21)19-14-17-10(2)16-13(18-14)11-5-3-4-6-15-11/h3-8H,1-2H3,(H,16,17,18,19). The summed E-state index contributed by atoms with van der Waals surface area (Å²) < 4.78 is 27.3. The van der Waals surface area contributed by atoms with E-state index in [0.717, 1.165) is 16.9 Å². The van der Waals surface area contributed by atoms with Crippen molar-refractivity contribution < 1.29 is 8.42 Å². The smallest absolute Gasteiger partial charge is 0.253 e. The van der Waals surface area contributed by atoms with Crippen molar-refractivity contribution in [1.82, 2.24) is 19.9 Å². The highest BCUT2D eigenvalue weighted by Crippen LogP contribution is 2.22. The number of aromatic nitrogens is 4. The number of hydrogen-bond acceptors (Lipinski definition) is 7. The zero-order valence-corrected chi connectivity index (χ0v) is 14.0. The molecule has 1 N–H and O–H groups in total. The lowest BCUT2D eigenvalue weighted by Crippen LogP contribution is -2.15. The molecular weight excluding hydrogens is 334 g/mol. The van der Waals surface area contributed by atoms with E-state index < -0.39 is 10.0 Å². The van der Waals surface area contributed by atoms with E-state index in [-0.39, 0.29) is 10.2 Å². The molecule has 0 aliphatic carbocycles. The van der Waals surface area contributed by atoms with Crippen molar-refractivity contribution in [2.24, 2.45) is 0 Å². The zero-order chi connectivity index (χ0) is 16.4. The molecule has 0 aliphatic rings. The van der Waals surface area contributed by atoms with Crippen molar-refractivity contribution in [3.05, 3.63) is 47.2 Å². The van der Waals surface area contributed by atoms with Gasteiger partial charge in [-0.3, -0.25) is 4.98 Å². The molecule has 0 fully saturated rings. The van der Waals surface area contributed by atoms with E-state index >= 15 is 0 Å². The van der Waals surface area contributed by atoms with Gasteiger partial charge >= 0.3 is 0 Å². The minimum absolute atomic E-state index is 0.0239. The largest absolute Gasteiger partial charge is 0.273 e. The average molecular weight is 347 g/mol. The maximum absolute atomic E-state index is 12.4. The fourth-order valence-corrected chi connectivity index (χ4v) is 4.03. The molecule has 0 saturated heterocycles. The van der Waals surface area contributed by atoms with Crippen LogP contribution in [0.2, 0.25) is 0 Å². The first-order valence-electron chi connectivity index (χ1n) is 6.66. The molecule has 3 aromatic heterocycles. The highest BCUT2D eigenvalue weighted by molar-refractivity contribution is 7.94. The number of rotatable bonds is 4. The molecule has 9 heteroatoms. The van der Waals surface area contributed by atoms with Crippen LogP contribution in [0.3, 0.4) is 0 Å². The van der Waals surface area contributed by atoms with Crippen molar-refractivity contribution in [2.75, 3.05) is 4.72 Å². The summed E-state index contributed by atoms with van der Waals surface area (Å²) in [6.45, 7) is 3.50. The van der Waals surface area contributed by atoms with Gasteiger partial charge in [-0.15, -0.1) is 11.3 Å². The van der Waals surface area contributed by atoms with Crippen molar-refractivity contribution in [1.29, 1.82) is 0 Å². The van der Waals surface area contributed by atoms with Crippen LogP contribution in [0.15, 0.2) is 40.1 Å². The number of thiophene rings is 1. The van der Waals surface area contributed by atoms with E-state index in [1.165, 1.54) is 0 Å². The van der Waals surface area contributed by atoms with Crippen LogP contribution in [0.4, 0.5) is 5.95 Å². The second kappa shape index (κ2) is 6.01. The highest BCUT2D eigenvalue weighted by Gasteiger charge is 2.19. The lowest BCUT2D eigenvalue weighted by Gasteiger charge is -2.07. The molecular formula is C14H13N5O2S2. The molecule has 118 valence electrons. The first-order chi connectivity index (χ1) is 10.9. The predicted octanol–water partition coefficient (Wildman–Crippen LogP) is 2.41. The van der Waals surface area contributed by atoms with Gasteiger partial charge in [0.25, 0.3) is 10.0 Å². The van der Waals surface area contributed by atoms with Crippen LogP contribution in [-0.2, 0) is 10.0 Å². The first kappa shape index (κ1) is 15.5. The summed E-state index contributed by atoms with van der Waals surface area (Å²) >= 11 is 1.15. The molecule has 0 saturated carbocycles. The van der Waals surface area contributed by atoms with Crippen LogP contribution in [0.25, 0.3) is 11.5 Å². The lowest BCUT2D eigenvalue weighted by atomic mass is 10.3. The van der Waals surface area contributed by atoms with Gasteiger partial charge in [-0.1, -0.05) is 6.07 Å². The zero-order valence-electron chi connectivity index (χ0n) is 12.4. The third-order valence-electron chi connectivity index (χ3n) is 2.84. The third kappa shape index (κ3) is 3.51. The molecule has 3 heterocycles. The quantitative estimate of drug-likeness (QED) is 0.778. The SMILES string of the molecule is Cc1csc(S(=O)(=O)Nc2nc(C)nc(-c3ccccn3)n2)c1. The predicted molar refractivity (Wildman–Crippen MR) is 87.7 cm³/mol. The third-order valence-corrected chi connectivity index (χ3v) is 5.72. The number of hydrogen-bond donors (Lipinski definition) is 1. The Kier molecular flexibility index (Phi) is 4.05. The Morgan fingerprint density at radius 3 is 2.61 bits per heavy atom. The molecule has 7 nitrogen and oxygen atoms in total. The van der Waals surface area contributed by atoms with Crippen molar-refractivity contribution in [2.45, 2.75) is 18.1 Å². The molecule has 0 bridgehead atoms. The number of nitrogens with zero attached hydrogens (tertiary/aromatic N) is 4. The molecule has 0 amide bonds. The van der Waals surface area contributed by atoms with Crippen molar-refractivity contribution in [3.63, 3.8) is 0 Å². The topological polar surface area (TPSA) is 97.7 Å². The summed E-state index contributed by atoms with van der Waals surface area (Å²) in [6, 6.07) is 6.93. The summed E-state index contributed by atoms with van der Waals surface area (Å²) in [7, 11) is -3.71. The molecule has 0 aromatic carbocycles. The molecule has 0 spiro atoms. The van der Waals surface area contributed by atoms with Gasteiger partial charge in [0.1, 0.15) is 15.7 Å². The van der Waals surface area contributed by atoms with E-state index in [4.69, 9.17) is 0 Å². The lowest BCUT2D eigenvalue weighted by molar-refractivity contribution is 0.602. The maximum atomic E-state index is 12.4. The minimum atomic E-state index is -3.71. The second-order valence-electron chi connectivity index (χ2n) is 4.79. The Balaban J connectivity index is 1.96. The maximum Gasteiger partial charge on any atom is 0.273 e. The molecule has 23 heavy (non-hydrogen) atoms. The molecule has 0 radical (unpaired) electrons. The number of nitrogens with one attached hydrogen (secondary N) is 1. The number of pyridine rings is 1. The fraction of sp³-hybridized carbons (Fsp3) is 0.143. The van der Waals surface area contributed by atoms with Gasteiger partial charge in [0.05, 0.1) is 0 Å². The van der Waals surface area contributed by atoms with Gasteiger partial charge < -0.3 is 0 Å². The van der Waals surface area contributed by atoms with Gasteiger partial charge in [-0.2, -0.15) is 9.97 Å². The van der Waals surface area contributed by atoms with Gasteiger partial charge in [0.2, 0.25) is 5.95 Å². The van der Waals surface area contributed by atoms with Gasteiger partial charge in [0, 0.05) is 6.20 Å². The van der Waals surface area contributed by atoms with Crippen LogP contribution in [0.1, 0.15) is 11.4 Å². The Morgan fingerprint density at radius 1 is 1.13 bits per heavy atom. The van der Waals surface area contributed by atoms with Crippen LogP contribution >= 0.6 is 11.3 Å². The van der Waals surface area contributed by atoms with Gasteiger partial charge in [0.15, 0.2) is 5.82 Å². The van der Waals surface area contributed by atoms with E-state index in [2.05, 4.69) is 24.7 Å². The average Bonchev–Trinajstić information content (AvgIpc) is 2.95. The first-order valence-corrected chi connectivity index (χ1v) is 9.02. The van der Waals surface area contributed by atoms with Crippen LogP contribution in [0, 0.1) is 13.8 Å². The number of aryl methyl sites for hydroxylation is 2. The van der Waals surface area contributed by atoms with Crippen molar-refractivity contribution >= 4 is 27.3 Å². The summed E-state index contributed by atoms with van der Waals surface area (Å²) in [5, 5.41) is 1.77. The van der Waals surface area contributed by atoms with E-state index in [1.54, 1.807) is 42.8 Å². The summed E-state index contributed by atoms with van der Waals surface area (Å²) in [5.74, 6) is 0.697.